The van der Waals surface area contributed by atoms with Gasteiger partial charge in [0, 0.05) is 31.8 Å². The van der Waals surface area contributed by atoms with Gasteiger partial charge in [0.2, 0.25) is 11.8 Å². The van der Waals surface area contributed by atoms with Gasteiger partial charge in [-0.1, -0.05) is 0 Å². The number of carbonyl (C=O) groups excluding carboxylic acids is 2. The second-order valence-electron chi connectivity index (χ2n) is 6.21. The molecule has 0 spiro atoms. The normalized spacial score (nSPS) is 23.5. The average molecular weight is 332 g/mol. The fourth-order valence-corrected chi connectivity index (χ4v) is 3.19. The number of hydrogen-bond donors (Lipinski definition) is 1. The van der Waals surface area contributed by atoms with Gasteiger partial charge in [-0.3, -0.25) is 9.59 Å². The highest BCUT2D eigenvalue weighted by molar-refractivity contribution is 6.00. The number of rotatable bonds is 6. The Morgan fingerprint density at radius 2 is 2.17 bits per heavy atom. The first-order valence-corrected chi connectivity index (χ1v) is 8.60. The molecule has 6 heteroatoms. The maximum Gasteiger partial charge on any atom is 0.227 e. The monoisotopic (exact) mass is 332 g/mol. The number of ether oxygens (including phenoxy) is 2. The number of nitrogens with one attached hydrogen (secondary N) is 1. The van der Waals surface area contributed by atoms with Gasteiger partial charge in [-0.15, -0.1) is 0 Å². The first kappa shape index (κ1) is 16.8. The molecular formula is C18H24N2O4. The Morgan fingerprint density at radius 3 is 2.83 bits per heavy atom. The Morgan fingerprint density at radius 1 is 1.38 bits per heavy atom. The third kappa shape index (κ3) is 3.87. The van der Waals surface area contributed by atoms with Crippen molar-refractivity contribution in [2.75, 3.05) is 31.2 Å². The molecule has 2 amide bonds. The van der Waals surface area contributed by atoms with Crippen LogP contribution < -0.4 is 15.0 Å². The lowest BCUT2D eigenvalue weighted by atomic mass is 10.1. The van der Waals surface area contributed by atoms with E-state index in [9.17, 15) is 9.59 Å². The molecule has 1 N–H and O–H groups in total. The molecule has 2 fully saturated rings. The summed E-state index contributed by atoms with van der Waals surface area (Å²) >= 11 is 0. The summed E-state index contributed by atoms with van der Waals surface area (Å²) in [6, 6.07) is 7.40. The van der Waals surface area contributed by atoms with Crippen LogP contribution in [0, 0.1) is 5.92 Å². The van der Waals surface area contributed by atoms with E-state index in [1.54, 1.807) is 4.90 Å². The van der Waals surface area contributed by atoms with E-state index in [1.807, 2.05) is 31.2 Å². The highest BCUT2D eigenvalue weighted by atomic mass is 16.5. The van der Waals surface area contributed by atoms with Crippen LogP contribution in [0.1, 0.15) is 26.2 Å². The minimum Gasteiger partial charge on any atom is -0.494 e. The average Bonchev–Trinajstić information content (AvgIpc) is 3.23. The second-order valence-corrected chi connectivity index (χ2v) is 6.21. The summed E-state index contributed by atoms with van der Waals surface area (Å²) in [6.45, 7) is 4.26. The standard InChI is InChI=1S/C18H24N2O4/c1-2-23-15-7-5-14(6-8-15)20-12-13(10-17(20)21)18(22)19-11-16-4-3-9-24-16/h5-8,13,16H,2-4,9-12H2,1H3,(H,19,22)/t13-,16-/m1/s1. The number of amides is 2. The first-order chi connectivity index (χ1) is 11.7. The Hall–Kier alpha value is -2.08. The van der Waals surface area contributed by atoms with Crippen molar-refractivity contribution < 1.29 is 19.1 Å². The zero-order valence-corrected chi connectivity index (χ0v) is 14.0. The third-order valence-corrected chi connectivity index (χ3v) is 4.48. The van der Waals surface area contributed by atoms with Crippen LogP contribution in [0.5, 0.6) is 5.75 Å². The topological polar surface area (TPSA) is 67.9 Å². The molecular weight excluding hydrogens is 308 g/mol. The molecule has 1 aromatic carbocycles. The molecule has 1 aromatic rings. The summed E-state index contributed by atoms with van der Waals surface area (Å²) < 4.78 is 10.9. The second kappa shape index (κ2) is 7.66. The molecule has 0 bridgehead atoms. The van der Waals surface area contributed by atoms with Crippen molar-refractivity contribution in [3.8, 4) is 5.75 Å². The number of hydrogen-bond acceptors (Lipinski definition) is 4. The molecule has 2 atom stereocenters. The van der Waals surface area contributed by atoms with Crippen molar-refractivity contribution in [2.24, 2.45) is 5.92 Å². The highest BCUT2D eigenvalue weighted by Crippen LogP contribution is 2.27. The van der Waals surface area contributed by atoms with Crippen molar-refractivity contribution >= 4 is 17.5 Å². The smallest absolute Gasteiger partial charge is 0.227 e. The fraction of sp³-hybridized carbons (Fsp3) is 0.556. The molecule has 0 radical (unpaired) electrons. The van der Waals surface area contributed by atoms with Crippen molar-refractivity contribution in [1.82, 2.24) is 5.32 Å². The Kier molecular flexibility index (Phi) is 5.35. The summed E-state index contributed by atoms with van der Waals surface area (Å²) in [5.74, 6) is 0.396. The number of anilines is 1. The highest BCUT2D eigenvalue weighted by Gasteiger charge is 2.35. The predicted octanol–water partition coefficient (Wildman–Crippen LogP) is 1.73. The molecule has 2 heterocycles. The summed E-state index contributed by atoms with van der Waals surface area (Å²) in [7, 11) is 0. The lowest BCUT2D eigenvalue weighted by molar-refractivity contribution is -0.126. The van der Waals surface area contributed by atoms with Crippen LogP contribution in [0.3, 0.4) is 0 Å². The van der Waals surface area contributed by atoms with Crippen molar-refractivity contribution in [1.29, 1.82) is 0 Å². The quantitative estimate of drug-likeness (QED) is 0.861. The van der Waals surface area contributed by atoms with Crippen molar-refractivity contribution in [3.05, 3.63) is 24.3 Å². The lowest BCUT2D eigenvalue weighted by Crippen LogP contribution is -2.37. The fourth-order valence-electron chi connectivity index (χ4n) is 3.19. The van der Waals surface area contributed by atoms with Gasteiger partial charge in [0.15, 0.2) is 0 Å². The van der Waals surface area contributed by atoms with Crippen LogP contribution in [0.4, 0.5) is 5.69 Å². The van der Waals surface area contributed by atoms with Gasteiger partial charge in [-0.2, -0.15) is 0 Å². The molecule has 24 heavy (non-hydrogen) atoms. The largest absolute Gasteiger partial charge is 0.494 e. The van der Waals surface area contributed by atoms with E-state index < -0.39 is 0 Å². The van der Waals surface area contributed by atoms with Gasteiger partial charge in [0.05, 0.1) is 18.6 Å². The summed E-state index contributed by atoms with van der Waals surface area (Å²) in [4.78, 5) is 26.2. The number of carbonyl (C=O) groups is 2. The van der Waals surface area contributed by atoms with Gasteiger partial charge in [-0.25, -0.2) is 0 Å². The van der Waals surface area contributed by atoms with Crippen LogP contribution in [0.2, 0.25) is 0 Å². The van der Waals surface area contributed by atoms with E-state index in [0.717, 1.165) is 30.9 Å². The molecule has 2 saturated heterocycles. The Balaban J connectivity index is 1.55. The third-order valence-electron chi connectivity index (χ3n) is 4.48. The summed E-state index contributed by atoms with van der Waals surface area (Å²) in [6.07, 6.45) is 2.41. The van der Waals surface area contributed by atoms with Gasteiger partial charge in [-0.05, 0) is 44.0 Å². The zero-order chi connectivity index (χ0) is 16.9. The van der Waals surface area contributed by atoms with E-state index in [2.05, 4.69) is 5.32 Å². The Labute approximate surface area is 142 Å². The Bertz CT molecular complexity index is 581. The molecule has 0 aromatic heterocycles. The van der Waals surface area contributed by atoms with Gasteiger partial charge in [0.1, 0.15) is 5.75 Å². The lowest BCUT2D eigenvalue weighted by Gasteiger charge is -2.17. The van der Waals surface area contributed by atoms with Crippen molar-refractivity contribution in [2.45, 2.75) is 32.3 Å². The first-order valence-electron chi connectivity index (χ1n) is 8.60. The summed E-state index contributed by atoms with van der Waals surface area (Å²) in [5, 5.41) is 2.92. The molecule has 0 aliphatic carbocycles. The predicted molar refractivity (Wildman–Crippen MR) is 90.1 cm³/mol. The maximum atomic E-state index is 12.3. The van der Waals surface area contributed by atoms with E-state index in [4.69, 9.17) is 9.47 Å². The molecule has 2 aliphatic rings. The van der Waals surface area contributed by atoms with Crippen molar-refractivity contribution in [3.63, 3.8) is 0 Å². The van der Waals surface area contributed by atoms with Crippen LogP contribution in [-0.2, 0) is 14.3 Å². The van der Waals surface area contributed by atoms with Crippen LogP contribution in [-0.4, -0.2) is 44.2 Å². The van der Waals surface area contributed by atoms with E-state index in [-0.39, 0.29) is 30.3 Å². The van der Waals surface area contributed by atoms with E-state index in [1.165, 1.54) is 0 Å². The van der Waals surface area contributed by atoms with Crippen LogP contribution >= 0.6 is 0 Å². The van der Waals surface area contributed by atoms with Crippen LogP contribution in [0.25, 0.3) is 0 Å². The SMILES string of the molecule is CCOc1ccc(N2C[C@H](C(=O)NC[C@H]3CCCO3)CC2=O)cc1. The molecule has 130 valence electrons. The minimum absolute atomic E-state index is 0.0172. The van der Waals surface area contributed by atoms with Gasteiger partial charge >= 0.3 is 0 Å². The zero-order valence-electron chi connectivity index (χ0n) is 14.0. The minimum atomic E-state index is -0.300. The maximum absolute atomic E-state index is 12.3. The molecule has 6 nitrogen and oxygen atoms in total. The van der Waals surface area contributed by atoms with Gasteiger partial charge < -0.3 is 19.7 Å². The molecule has 3 rings (SSSR count). The molecule has 0 saturated carbocycles. The van der Waals surface area contributed by atoms with E-state index in [0.29, 0.717) is 19.7 Å². The molecule has 2 aliphatic heterocycles. The number of nitrogens with zero attached hydrogens (tertiary/aromatic N) is 1. The van der Waals surface area contributed by atoms with Crippen LogP contribution in [0.15, 0.2) is 24.3 Å². The van der Waals surface area contributed by atoms with Gasteiger partial charge in [0.25, 0.3) is 0 Å². The number of benzene rings is 1. The summed E-state index contributed by atoms with van der Waals surface area (Å²) in [5.41, 5.74) is 0.804. The van der Waals surface area contributed by atoms with E-state index >= 15 is 0 Å². The molecule has 0 unspecified atom stereocenters.